The molecule has 3 rings (SSSR count). The number of alkyl halides is 3. The Kier molecular flexibility index (Phi) is 5.60. The molecule has 9 heteroatoms. The minimum Gasteiger partial charge on any atom is -0.329 e. The first-order chi connectivity index (χ1) is 13.6. The highest BCUT2D eigenvalue weighted by atomic mass is 19.4. The molecule has 2 fully saturated rings. The molecule has 29 heavy (non-hydrogen) atoms. The Labute approximate surface area is 167 Å². The predicted molar refractivity (Wildman–Crippen MR) is 98.6 cm³/mol. The van der Waals surface area contributed by atoms with Crippen molar-refractivity contribution in [2.75, 3.05) is 13.1 Å². The summed E-state index contributed by atoms with van der Waals surface area (Å²) in [6.07, 6.45) is -2.79. The summed E-state index contributed by atoms with van der Waals surface area (Å²) >= 11 is 0. The Morgan fingerprint density at radius 3 is 2.41 bits per heavy atom. The predicted octanol–water partition coefficient (Wildman–Crippen LogP) is 3.03. The zero-order valence-corrected chi connectivity index (χ0v) is 16.3. The zero-order chi connectivity index (χ0) is 21.4. The van der Waals surface area contributed by atoms with Gasteiger partial charge in [-0.3, -0.25) is 14.5 Å². The molecule has 1 aromatic rings. The van der Waals surface area contributed by atoms with Crippen LogP contribution >= 0.6 is 0 Å². The first-order valence-corrected chi connectivity index (χ1v) is 9.65. The zero-order valence-electron chi connectivity index (χ0n) is 16.3. The van der Waals surface area contributed by atoms with Gasteiger partial charge >= 0.3 is 12.2 Å². The van der Waals surface area contributed by atoms with Crippen LogP contribution in [0.1, 0.15) is 38.7 Å². The van der Waals surface area contributed by atoms with Crippen LogP contribution in [-0.4, -0.2) is 53.0 Å². The first kappa shape index (κ1) is 21.1. The van der Waals surface area contributed by atoms with Gasteiger partial charge < -0.3 is 10.2 Å². The highest BCUT2D eigenvalue weighted by molar-refractivity contribution is 6.09. The van der Waals surface area contributed by atoms with Gasteiger partial charge in [0.05, 0.1) is 0 Å². The average molecular weight is 411 g/mol. The van der Waals surface area contributed by atoms with Crippen LogP contribution in [0.5, 0.6) is 0 Å². The van der Waals surface area contributed by atoms with Crippen LogP contribution < -0.4 is 5.32 Å². The van der Waals surface area contributed by atoms with Crippen molar-refractivity contribution >= 4 is 17.8 Å². The van der Waals surface area contributed by atoms with E-state index < -0.39 is 48.7 Å². The van der Waals surface area contributed by atoms with E-state index in [4.69, 9.17) is 0 Å². The van der Waals surface area contributed by atoms with Crippen LogP contribution in [-0.2, 0) is 15.1 Å². The summed E-state index contributed by atoms with van der Waals surface area (Å²) in [4.78, 5) is 39.8. The quantitative estimate of drug-likeness (QED) is 0.702. The van der Waals surface area contributed by atoms with E-state index in [2.05, 4.69) is 5.32 Å². The molecular weight excluding hydrogens is 387 g/mol. The van der Waals surface area contributed by atoms with Crippen LogP contribution in [0.4, 0.5) is 18.0 Å². The summed E-state index contributed by atoms with van der Waals surface area (Å²) in [6, 6.07) is 7.22. The molecule has 1 saturated carbocycles. The van der Waals surface area contributed by atoms with Crippen LogP contribution in [0, 0.1) is 5.92 Å². The minimum absolute atomic E-state index is 0.0171. The molecule has 0 spiro atoms. The smallest absolute Gasteiger partial charge is 0.329 e. The monoisotopic (exact) mass is 411 g/mol. The maximum Gasteiger partial charge on any atom is 0.406 e. The highest BCUT2D eigenvalue weighted by Gasteiger charge is 2.52. The number of nitrogens with one attached hydrogen (secondary N) is 1. The standard InChI is InChI=1S/C20H24F3N3O3/c1-3-19(15-7-5-4-6-8-15)17(28)25(18(29)24-19)11-16(27)26(12-20(21,22)23)13(2)14-9-10-14/h4-8,13-14H,3,9-12H2,1-2H3,(H,24,29)/t13-,19-/m1/s1. The maximum absolute atomic E-state index is 13.1. The largest absolute Gasteiger partial charge is 0.406 e. The van der Waals surface area contributed by atoms with E-state index >= 15 is 0 Å². The number of benzene rings is 1. The van der Waals surface area contributed by atoms with Gasteiger partial charge in [-0.25, -0.2) is 4.79 Å². The maximum atomic E-state index is 13.1. The van der Waals surface area contributed by atoms with Crippen molar-refractivity contribution in [2.24, 2.45) is 5.92 Å². The second kappa shape index (κ2) is 7.68. The fourth-order valence-electron chi connectivity index (χ4n) is 3.84. The third-order valence-electron chi connectivity index (χ3n) is 5.73. The Hall–Kier alpha value is -2.58. The molecule has 1 N–H and O–H groups in total. The highest BCUT2D eigenvalue weighted by Crippen LogP contribution is 2.37. The Morgan fingerprint density at radius 1 is 1.28 bits per heavy atom. The Bertz CT molecular complexity index is 795. The molecule has 1 aliphatic carbocycles. The molecule has 2 atom stereocenters. The van der Waals surface area contributed by atoms with Gasteiger partial charge in [-0.05, 0) is 37.7 Å². The number of hydrogen-bond donors (Lipinski definition) is 1. The Balaban J connectivity index is 1.81. The normalized spacial score (nSPS) is 23.1. The van der Waals surface area contributed by atoms with Gasteiger partial charge in [0.15, 0.2) is 0 Å². The summed E-state index contributed by atoms with van der Waals surface area (Å²) in [7, 11) is 0. The average Bonchev–Trinajstić information content (AvgIpc) is 3.49. The van der Waals surface area contributed by atoms with Crippen LogP contribution in [0.3, 0.4) is 0 Å². The van der Waals surface area contributed by atoms with E-state index in [0.29, 0.717) is 5.56 Å². The third kappa shape index (κ3) is 4.23. The fraction of sp³-hybridized carbons (Fsp3) is 0.550. The van der Waals surface area contributed by atoms with Gasteiger partial charge in [-0.1, -0.05) is 37.3 Å². The number of halogens is 3. The first-order valence-electron chi connectivity index (χ1n) is 9.65. The molecular formula is C20H24F3N3O3. The van der Waals surface area contributed by atoms with Gasteiger partial charge in [-0.2, -0.15) is 13.2 Å². The van der Waals surface area contributed by atoms with Gasteiger partial charge in [0.2, 0.25) is 5.91 Å². The van der Waals surface area contributed by atoms with Crippen molar-refractivity contribution in [2.45, 2.75) is 50.9 Å². The molecule has 1 aromatic carbocycles. The van der Waals surface area contributed by atoms with Crippen molar-refractivity contribution in [1.29, 1.82) is 0 Å². The molecule has 6 nitrogen and oxygen atoms in total. The molecule has 0 aromatic heterocycles. The lowest BCUT2D eigenvalue weighted by molar-refractivity contribution is -0.166. The van der Waals surface area contributed by atoms with Gasteiger partial charge in [0.1, 0.15) is 18.6 Å². The summed E-state index contributed by atoms with van der Waals surface area (Å²) < 4.78 is 39.1. The summed E-state index contributed by atoms with van der Waals surface area (Å²) in [5.41, 5.74) is -0.760. The molecule has 0 unspecified atom stereocenters. The van der Waals surface area contributed by atoms with E-state index in [-0.39, 0.29) is 12.3 Å². The van der Waals surface area contributed by atoms with Crippen LogP contribution in [0.15, 0.2) is 30.3 Å². The number of hydrogen-bond acceptors (Lipinski definition) is 3. The number of nitrogens with zero attached hydrogens (tertiary/aromatic N) is 2. The third-order valence-corrected chi connectivity index (χ3v) is 5.73. The van der Waals surface area contributed by atoms with E-state index in [1.165, 1.54) is 0 Å². The van der Waals surface area contributed by atoms with Crippen LogP contribution in [0.25, 0.3) is 0 Å². The van der Waals surface area contributed by atoms with Gasteiger partial charge in [-0.15, -0.1) is 0 Å². The lowest BCUT2D eigenvalue weighted by Gasteiger charge is -2.31. The van der Waals surface area contributed by atoms with Gasteiger partial charge in [0, 0.05) is 6.04 Å². The number of imide groups is 1. The number of carbonyl (C=O) groups is 3. The molecule has 1 aliphatic heterocycles. The molecule has 0 radical (unpaired) electrons. The number of amides is 4. The van der Waals surface area contributed by atoms with Crippen molar-refractivity contribution in [3.05, 3.63) is 35.9 Å². The van der Waals surface area contributed by atoms with E-state index in [1.807, 2.05) is 0 Å². The fourth-order valence-corrected chi connectivity index (χ4v) is 3.84. The summed E-state index contributed by atoms with van der Waals surface area (Å²) in [5, 5.41) is 2.63. The van der Waals surface area contributed by atoms with Crippen molar-refractivity contribution in [3.8, 4) is 0 Å². The summed E-state index contributed by atoms with van der Waals surface area (Å²) in [5.74, 6) is -1.50. The number of carbonyl (C=O) groups excluding carboxylic acids is 3. The molecule has 1 saturated heterocycles. The van der Waals surface area contributed by atoms with Crippen LogP contribution in [0.2, 0.25) is 0 Å². The SMILES string of the molecule is CC[C@]1(c2ccccc2)NC(=O)N(CC(=O)N(CC(F)(F)F)[C@H](C)C2CC2)C1=O. The number of rotatable bonds is 7. The van der Waals surface area contributed by atoms with Crippen molar-refractivity contribution in [1.82, 2.24) is 15.1 Å². The number of urea groups is 1. The Morgan fingerprint density at radius 2 is 1.90 bits per heavy atom. The molecule has 4 amide bonds. The minimum atomic E-state index is -4.56. The molecule has 1 heterocycles. The topological polar surface area (TPSA) is 69.7 Å². The summed E-state index contributed by atoms with van der Waals surface area (Å²) in [6.45, 7) is 1.19. The van der Waals surface area contributed by atoms with E-state index in [9.17, 15) is 27.6 Å². The molecule has 2 aliphatic rings. The van der Waals surface area contributed by atoms with E-state index in [0.717, 1.165) is 22.6 Å². The molecule has 0 bridgehead atoms. The second-order valence-electron chi connectivity index (χ2n) is 7.66. The lowest BCUT2D eigenvalue weighted by atomic mass is 9.87. The van der Waals surface area contributed by atoms with Crippen molar-refractivity contribution < 1.29 is 27.6 Å². The van der Waals surface area contributed by atoms with Gasteiger partial charge in [0.25, 0.3) is 5.91 Å². The van der Waals surface area contributed by atoms with Crippen molar-refractivity contribution in [3.63, 3.8) is 0 Å². The molecule has 158 valence electrons. The lowest BCUT2D eigenvalue weighted by Crippen LogP contribution is -2.50. The second-order valence-corrected chi connectivity index (χ2v) is 7.66. The van der Waals surface area contributed by atoms with E-state index in [1.54, 1.807) is 44.2 Å².